The van der Waals surface area contributed by atoms with Gasteiger partial charge < -0.3 is 4.42 Å². The van der Waals surface area contributed by atoms with E-state index in [1.54, 1.807) is 0 Å². The number of rotatable bonds is 2. The Kier molecular flexibility index (Phi) is 3.27. The Morgan fingerprint density at radius 2 is 2.00 bits per heavy atom. The van der Waals surface area contributed by atoms with Gasteiger partial charge in [-0.3, -0.25) is 0 Å². The summed E-state index contributed by atoms with van der Waals surface area (Å²) in [5, 5.41) is 0. The zero-order valence-corrected chi connectivity index (χ0v) is 10.6. The van der Waals surface area contributed by atoms with Gasteiger partial charge in [0.05, 0.1) is 0 Å². The van der Waals surface area contributed by atoms with Gasteiger partial charge in [0.25, 0.3) is 0 Å². The van der Waals surface area contributed by atoms with Crippen molar-refractivity contribution in [2.45, 2.75) is 37.5 Å². The first-order valence-electron chi connectivity index (χ1n) is 5.13. The number of thiol groups is 1. The van der Waals surface area contributed by atoms with Crippen molar-refractivity contribution in [2.24, 2.45) is 0 Å². The van der Waals surface area contributed by atoms with Gasteiger partial charge in [0, 0.05) is 11.2 Å². The minimum absolute atomic E-state index is 0.202. The second kappa shape index (κ2) is 4.31. The van der Waals surface area contributed by atoms with Gasteiger partial charge in [-0.05, 0) is 40.9 Å². The summed E-state index contributed by atoms with van der Waals surface area (Å²) < 4.78 is 6.52. The second-order valence-corrected chi connectivity index (χ2v) is 5.20. The standard InChI is InChI=1S/C11H15BrOS/c12-10-5-4-9(13-10)11(8-14)6-2-1-3-7-11/h4-5,14H,1-3,6-8H2. The summed E-state index contributed by atoms with van der Waals surface area (Å²) in [7, 11) is 0. The Morgan fingerprint density at radius 1 is 1.29 bits per heavy atom. The van der Waals surface area contributed by atoms with Crippen LogP contribution in [0.1, 0.15) is 37.9 Å². The van der Waals surface area contributed by atoms with Crippen LogP contribution in [0.2, 0.25) is 0 Å². The van der Waals surface area contributed by atoms with Gasteiger partial charge in [0.1, 0.15) is 5.76 Å². The molecule has 0 spiro atoms. The SMILES string of the molecule is SCC1(c2ccc(Br)o2)CCCCC1. The summed E-state index contributed by atoms with van der Waals surface area (Å²) in [6.45, 7) is 0. The number of halogens is 1. The topological polar surface area (TPSA) is 13.1 Å². The highest BCUT2D eigenvalue weighted by Crippen LogP contribution is 2.41. The van der Waals surface area contributed by atoms with Gasteiger partial charge in [-0.2, -0.15) is 12.6 Å². The highest BCUT2D eigenvalue weighted by Gasteiger charge is 2.35. The quantitative estimate of drug-likeness (QED) is 0.799. The largest absolute Gasteiger partial charge is 0.454 e. The van der Waals surface area contributed by atoms with Crippen molar-refractivity contribution in [1.29, 1.82) is 0 Å². The average Bonchev–Trinajstić information content (AvgIpc) is 2.66. The Morgan fingerprint density at radius 3 is 2.50 bits per heavy atom. The average molecular weight is 275 g/mol. The summed E-state index contributed by atoms with van der Waals surface area (Å²) in [6, 6.07) is 4.07. The van der Waals surface area contributed by atoms with Crippen molar-refractivity contribution in [1.82, 2.24) is 0 Å². The maximum Gasteiger partial charge on any atom is 0.169 e. The molecule has 1 aromatic heterocycles. The van der Waals surface area contributed by atoms with E-state index in [0.29, 0.717) is 0 Å². The molecule has 0 bridgehead atoms. The summed E-state index contributed by atoms with van der Waals surface area (Å²) in [6.07, 6.45) is 6.40. The predicted molar refractivity (Wildman–Crippen MR) is 65.0 cm³/mol. The van der Waals surface area contributed by atoms with Crippen molar-refractivity contribution < 1.29 is 4.42 Å². The lowest BCUT2D eigenvalue weighted by atomic mass is 9.74. The van der Waals surface area contributed by atoms with Gasteiger partial charge >= 0.3 is 0 Å². The summed E-state index contributed by atoms with van der Waals surface area (Å²) in [5.74, 6) is 2.01. The molecule has 2 rings (SSSR count). The highest BCUT2D eigenvalue weighted by molar-refractivity contribution is 9.10. The van der Waals surface area contributed by atoms with Crippen molar-refractivity contribution in [3.05, 3.63) is 22.6 Å². The first kappa shape index (κ1) is 10.6. The fourth-order valence-corrected chi connectivity index (χ4v) is 3.09. The van der Waals surface area contributed by atoms with E-state index >= 15 is 0 Å². The first-order valence-corrected chi connectivity index (χ1v) is 6.56. The molecule has 0 aromatic carbocycles. The van der Waals surface area contributed by atoms with E-state index in [1.807, 2.05) is 6.07 Å². The zero-order valence-electron chi connectivity index (χ0n) is 8.13. The number of hydrogen-bond acceptors (Lipinski definition) is 2. The Bertz CT molecular complexity index is 302. The van der Waals surface area contributed by atoms with Crippen LogP contribution < -0.4 is 0 Å². The van der Waals surface area contributed by atoms with Gasteiger partial charge in [-0.15, -0.1) is 0 Å². The Balaban J connectivity index is 2.26. The molecule has 1 aliphatic rings. The van der Waals surface area contributed by atoms with Gasteiger partial charge in [-0.1, -0.05) is 19.3 Å². The lowest BCUT2D eigenvalue weighted by Crippen LogP contribution is -2.30. The molecule has 1 aromatic rings. The third kappa shape index (κ3) is 1.89. The van der Waals surface area contributed by atoms with Crippen LogP contribution in [0.5, 0.6) is 0 Å². The monoisotopic (exact) mass is 274 g/mol. The zero-order chi connectivity index (χ0) is 10.0. The molecule has 0 amide bonds. The van der Waals surface area contributed by atoms with Crippen LogP contribution in [0.4, 0.5) is 0 Å². The molecule has 3 heteroatoms. The Hall–Kier alpha value is 0.110. The van der Waals surface area contributed by atoms with Crippen LogP contribution in [0.3, 0.4) is 0 Å². The molecule has 1 nitrogen and oxygen atoms in total. The fraction of sp³-hybridized carbons (Fsp3) is 0.636. The smallest absolute Gasteiger partial charge is 0.169 e. The van der Waals surface area contributed by atoms with E-state index < -0.39 is 0 Å². The molecule has 0 N–H and O–H groups in total. The second-order valence-electron chi connectivity index (χ2n) is 4.10. The Labute approximate surface area is 98.8 Å². The van der Waals surface area contributed by atoms with Gasteiger partial charge in [0.2, 0.25) is 0 Å². The number of hydrogen-bond donors (Lipinski definition) is 1. The maximum atomic E-state index is 5.68. The molecular weight excluding hydrogens is 260 g/mol. The molecular formula is C11H15BrOS. The van der Waals surface area contributed by atoms with E-state index in [0.717, 1.165) is 16.2 Å². The normalized spacial score (nSPS) is 21.0. The van der Waals surface area contributed by atoms with Crippen molar-refractivity contribution in [3.8, 4) is 0 Å². The van der Waals surface area contributed by atoms with Gasteiger partial charge in [-0.25, -0.2) is 0 Å². The molecule has 0 aliphatic heterocycles. The van der Waals surface area contributed by atoms with Gasteiger partial charge in [0.15, 0.2) is 4.67 Å². The molecule has 1 saturated carbocycles. The molecule has 78 valence electrons. The van der Waals surface area contributed by atoms with Crippen LogP contribution >= 0.6 is 28.6 Å². The molecule has 1 aliphatic carbocycles. The minimum Gasteiger partial charge on any atom is -0.454 e. The lowest BCUT2D eigenvalue weighted by Gasteiger charge is -2.33. The highest BCUT2D eigenvalue weighted by atomic mass is 79.9. The van der Waals surface area contributed by atoms with Crippen LogP contribution in [0.15, 0.2) is 21.2 Å². The van der Waals surface area contributed by atoms with E-state index in [9.17, 15) is 0 Å². The minimum atomic E-state index is 0.202. The molecule has 0 radical (unpaired) electrons. The summed E-state index contributed by atoms with van der Waals surface area (Å²) in [4.78, 5) is 0. The van der Waals surface area contributed by atoms with Crippen LogP contribution in [-0.4, -0.2) is 5.75 Å². The van der Waals surface area contributed by atoms with Crippen LogP contribution in [-0.2, 0) is 5.41 Å². The van der Waals surface area contributed by atoms with Crippen molar-refractivity contribution in [3.63, 3.8) is 0 Å². The number of furan rings is 1. The first-order chi connectivity index (χ1) is 6.77. The summed E-state index contributed by atoms with van der Waals surface area (Å²) >= 11 is 7.86. The van der Waals surface area contributed by atoms with Crippen molar-refractivity contribution in [2.75, 3.05) is 5.75 Å². The molecule has 0 saturated heterocycles. The van der Waals surface area contributed by atoms with Crippen LogP contribution in [0.25, 0.3) is 0 Å². The third-order valence-electron chi connectivity index (χ3n) is 3.21. The van der Waals surface area contributed by atoms with E-state index in [1.165, 1.54) is 32.1 Å². The molecule has 0 unspecified atom stereocenters. The fourth-order valence-electron chi connectivity index (χ4n) is 2.31. The molecule has 1 fully saturated rings. The molecule has 0 atom stereocenters. The molecule has 14 heavy (non-hydrogen) atoms. The predicted octanol–water partition coefficient (Wildman–Crippen LogP) is 4.17. The maximum absolute atomic E-state index is 5.68. The van der Waals surface area contributed by atoms with E-state index in [-0.39, 0.29) is 5.41 Å². The van der Waals surface area contributed by atoms with Crippen LogP contribution in [0, 0.1) is 0 Å². The van der Waals surface area contributed by atoms with E-state index in [4.69, 9.17) is 4.42 Å². The molecule has 1 heterocycles. The van der Waals surface area contributed by atoms with E-state index in [2.05, 4.69) is 34.6 Å². The lowest BCUT2D eigenvalue weighted by molar-refractivity contribution is 0.269. The third-order valence-corrected chi connectivity index (χ3v) is 4.24. The summed E-state index contributed by atoms with van der Waals surface area (Å²) in [5.41, 5.74) is 0.202. The van der Waals surface area contributed by atoms with Crippen molar-refractivity contribution >= 4 is 28.6 Å².